The van der Waals surface area contributed by atoms with Crippen LogP contribution in [0.25, 0.3) is 0 Å². The van der Waals surface area contributed by atoms with Gasteiger partial charge in [0.15, 0.2) is 0 Å². The molecule has 2 nitrogen and oxygen atoms in total. The predicted octanol–water partition coefficient (Wildman–Crippen LogP) is 9.86. The molecule has 0 aliphatic carbocycles. The van der Waals surface area contributed by atoms with E-state index in [0.717, 1.165) is 12.8 Å². The second-order valence-electron chi connectivity index (χ2n) is 7.92. The third-order valence-corrected chi connectivity index (χ3v) is 5.20. The van der Waals surface area contributed by atoms with Crippen molar-refractivity contribution < 1.29 is 9.53 Å². The van der Waals surface area contributed by atoms with Crippen molar-refractivity contribution >= 4 is 17.6 Å². The smallest absolute Gasteiger partial charge is 0.310 e. The van der Waals surface area contributed by atoms with Crippen LogP contribution in [0.3, 0.4) is 0 Å². The lowest BCUT2D eigenvalue weighted by molar-refractivity contribution is -0.138. The number of unbranched alkanes of at least 4 members (excludes halogenated alkanes) is 18. The molecule has 0 aromatic carbocycles. The first-order valence-electron chi connectivity index (χ1n) is 12.2. The van der Waals surface area contributed by atoms with Crippen molar-refractivity contribution in [3.8, 4) is 0 Å². The number of ether oxygens (including phenoxy) is 1. The monoisotopic (exact) mass is 428 g/mol. The molecule has 172 valence electrons. The maximum Gasteiger partial charge on any atom is 0.310 e. The van der Waals surface area contributed by atoms with Crippen molar-refractivity contribution in [1.29, 1.82) is 0 Å². The number of hydrogen-bond acceptors (Lipinski definition) is 2. The predicted molar refractivity (Wildman–Crippen MR) is 130 cm³/mol. The molecule has 0 unspecified atom stereocenters. The van der Waals surface area contributed by atoms with Gasteiger partial charge in [-0.3, -0.25) is 4.79 Å². The summed E-state index contributed by atoms with van der Waals surface area (Å²) in [5.74, 6) is -0.146. The minimum atomic E-state index is -0.146. The average molecular weight is 429 g/mol. The molecule has 0 heterocycles. The maximum absolute atomic E-state index is 11.1. The quantitative estimate of drug-likeness (QED) is 0.103. The van der Waals surface area contributed by atoms with Gasteiger partial charge in [-0.15, -0.1) is 0 Å². The van der Waals surface area contributed by atoms with Gasteiger partial charge in [-0.25, -0.2) is 0 Å². The second kappa shape index (κ2) is 29.4. The van der Waals surface area contributed by atoms with Crippen LogP contribution in [0.2, 0.25) is 0 Å². The highest BCUT2D eigenvalue weighted by atomic mass is 35.5. The molecule has 0 atom stereocenters. The van der Waals surface area contributed by atoms with E-state index in [2.05, 4.69) is 20.1 Å². The fourth-order valence-electron chi connectivity index (χ4n) is 3.50. The number of carbonyl (C=O) groups excluding carboxylic acids is 1. The minimum absolute atomic E-state index is 0.146. The Hall–Kier alpha value is -0.760. The summed E-state index contributed by atoms with van der Waals surface area (Å²) in [6.45, 7) is 8.80. The lowest BCUT2D eigenvalue weighted by Gasteiger charge is -2.04. The van der Waals surface area contributed by atoms with Crippen LogP contribution in [-0.2, 0) is 9.53 Å². The van der Waals surface area contributed by atoms with Crippen LogP contribution in [0.15, 0.2) is 25.0 Å². The van der Waals surface area contributed by atoms with E-state index in [1.54, 1.807) is 0 Å². The molecule has 0 N–H and O–H groups in total. The fraction of sp³-hybridized carbons (Fsp3) is 0.808. The lowest BCUT2D eigenvalue weighted by atomic mass is 10.0. The maximum atomic E-state index is 11.1. The van der Waals surface area contributed by atoms with Crippen LogP contribution in [0.1, 0.15) is 135 Å². The van der Waals surface area contributed by atoms with E-state index in [-0.39, 0.29) is 5.97 Å². The highest BCUT2D eigenvalue weighted by Crippen LogP contribution is 2.14. The highest BCUT2D eigenvalue weighted by Gasteiger charge is 2.00. The molecule has 0 radical (unpaired) electrons. The third kappa shape index (κ3) is 32.1. The van der Waals surface area contributed by atoms with E-state index >= 15 is 0 Å². The lowest BCUT2D eigenvalue weighted by Crippen LogP contribution is -1.98. The SMILES string of the molecule is C=CCl.C=COC(=O)CCCCCCCCCCCCCCCCCCCCC. The molecule has 0 saturated carbocycles. The zero-order valence-electron chi connectivity index (χ0n) is 19.4. The van der Waals surface area contributed by atoms with Gasteiger partial charge in [0.25, 0.3) is 0 Å². The van der Waals surface area contributed by atoms with Crippen LogP contribution in [-0.4, -0.2) is 5.97 Å². The van der Waals surface area contributed by atoms with Gasteiger partial charge in [0.2, 0.25) is 0 Å². The molecule has 0 aliphatic rings. The standard InChI is InChI=1S/C24H46O2.C2H3Cl/c1-3-5-6-7-8-9-10-11-12-13-14-15-16-17-18-19-20-21-22-23-24(25)26-4-2;1-2-3/h4H,2-3,5-23H2,1H3;2H,1H2. The summed E-state index contributed by atoms with van der Waals surface area (Å²) in [4.78, 5) is 11.1. The summed E-state index contributed by atoms with van der Waals surface area (Å²) in [6.07, 6.45) is 27.8. The fourth-order valence-corrected chi connectivity index (χ4v) is 3.50. The van der Waals surface area contributed by atoms with Crippen molar-refractivity contribution in [2.45, 2.75) is 135 Å². The molecule has 0 bridgehead atoms. The third-order valence-electron chi connectivity index (χ3n) is 5.20. The van der Waals surface area contributed by atoms with Crippen LogP contribution in [0.4, 0.5) is 0 Å². The van der Waals surface area contributed by atoms with Gasteiger partial charge in [-0.05, 0) is 12.0 Å². The van der Waals surface area contributed by atoms with Gasteiger partial charge >= 0.3 is 5.97 Å². The van der Waals surface area contributed by atoms with E-state index < -0.39 is 0 Å². The van der Waals surface area contributed by atoms with Crippen molar-refractivity contribution in [3.63, 3.8) is 0 Å². The average Bonchev–Trinajstić information content (AvgIpc) is 2.70. The zero-order chi connectivity index (χ0) is 21.8. The Kier molecular flexibility index (Phi) is 30.9. The summed E-state index contributed by atoms with van der Waals surface area (Å²) >= 11 is 4.76. The molecular formula is C26H49ClO2. The Morgan fingerprint density at radius 1 is 0.655 bits per heavy atom. The first-order valence-corrected chi connectivity index (χ1v) is 12.7. The minimum Gasteiger partial charge on any atom is -0.435 e. The first-order chi connectivity index (χ1) is 14.2. The van der Waals surface area contributed by atoms with Gasteiger partial charge in [0.05, 0.1) is 6.26 Å². The summed E-state index contributed by atoms with van der Waals surface area (Å²) < 4.78 is 4.70. The summed E-state index contributed by atoms with van der Waals surface area (Å²) in [5, 5.41) is 0. The zero-order valence-corrected chi connectivity index (χ0v) is 20.2. The number of halogens is 1. The van der Waals surface area contributed by atoms with Crippen molar-refractivity contribution in [2.24, 2.45) is 0 Å². The van der Waals surface area contributed by atoms with Crippen molar-refractivity contribution in [2.75, 3.05) is 0 Å². The topological polar surface area (TPSA) is 26.3 Å². The molecule has 0 aromatic rings. The second-order valence-corrected chi connectivity index (χ2v) is 8.23. The van der Waals surface area contributed by atoms with Crippen molar-refractivity contribution in [1.82, 2.24) is 0 Å². The van der Waals surface area contributed by atoms with Crippen LogP contribution < -0.4 is 0 Å². The Balaban J connectivity index is 0. The largest absolute Gasteiger partial charge is 0.435 e. The van der Waals surface area contributed by atoms with E-state index in [0.29, 0.717) is 6.42 Å². The summed E-state index contributed by atoms with van der Waals surface area (Å²) in [5.41, 5.74) is 1.22. The van der Waals surface area contributed by atoms with Crippen molar-refractivity contribution in [3.05, 3.63) is 25.0 Å². The highest BCUT2D eigenvalue weighted by molar-refractivity contribution is 6.25. The summed E-state index contributed by atoms with van der Waals surface area (Å²) in [6, 6.07) is 0. The Morgan fingerprint density at radius 2 is 0.931 bits per heavy atom. The molecular weight excluding hydrogens is 380 g/mol. The van der Waals surface area contributed by atoms with Gasteiger partial charge in [0.1, 0.15) is 0 Å². The van der Waals surface area contributed by atoms with Crippen LogP contribution >= 0.6 is 11.6 Å². The van der Waals surface area contributed by atoms with Gasteiger partial charge in [-0.1, -0.05) is 147 Å². The number of esters is 1. The summed E-state index contributed by atoms with van der Waals surface area (Å²) in [7, 11) is 0. The Morgan fingerprint density at radius 3 is 1.21 bits per heavy atom. The molecule has 0 spiro atoms. The molecule has 0 fully saturated rings. The van der Waals surface area contributed by atoms with Gasteiger partial charge in [-0.2, -0.15) is 0 Å². The van der Waals surface area contributed by atoms with Crippen LogP contribution in [0.5, 0.6) is 0 Å². The van der Waals surface area contributed by atoms with Crippen LogP contribution in [0, 0.1) is 0 Å². The molecule has 0 aromatic heterocycles. The first kappa shape index (κ1) is 30.4. The van der Waals surface area contributed by atoms with E-state index in [9.17, 15) is 4.79 Å². The molecule has 0 rings (SSSR count). The van der Waals surface area contributed by atoms with Gasteiger partial charge < -0.3 is 4.74 Å². The molecule has 0 aliphatic heterocycles. The number of rotatable bonds is 21. The Bertz CT molecular complexity index is 342. The van der Waals surface area contributed by atoms with E-state index in [4.69, 9.17) is 16.3 Å². The molecule has 0 amide bonds. The molecule has 0 saturated heterocycles. The molecule has 29 heavy (non-hydrogen) atoms. The van der Waals surface area contributed by atoms with E-state index in [1.807, 2.05) is 0 Å². The number of carbonyl (C=O) groups is 1. The van der Waals surface area contributed by atoms with E-state index in [1.165, 1.54) is 121 Å². The molecule has 3 heteroatoms. The number of hydrogen-bond donors (Lipinski definition) is 0. The van der Waals surface area contributed by atoms with Gasteiger partial charge in [0, 0.05) is 6.42 Å². The normalized spacial score (nSPS) is 10.1. The Labute approximate surface area is 187 Å².